The van der Waals surface area contributed by atoms with E-state index in [2.05, 4.69) is 5.32 Å². The fourth-order valence-corrected chi connectivity index (χ4v) is 2.43. The maximum atomic E-state index is 11.9. The highest BCUT2D eigenvalue weighted by atomic mass is 35.5. The van der Waals surface area contributed by atoms with E-state index in [1.807, 2.05) is 19.9 Å². The predicted octanol–water partition coefficient (Wildman–Crippen LogP) is 3.88. The molecule has 0 fully saturated rings. The first-order chi connectivity index (χ1) is 10.9. The average molecular weight is 335 g/mol. The molecule has 6 nitrogen and oxygen atoms in total. The molecule has 0 aliphatic carbocycles. The Balaban J connectivity index is 1.96. The molecule has 2 aromatic rings. The first-order valence-electron chi connectivity index (χ1n) is 6.80. The Morgan fingerprint density at radius 3 is 2.48 bits per heavy atom. The molecule has 1 N–H and O–H groups in total. The number of anilines is 1. The molecule has 0 saturated carbocycles. The maximum absolute atomic E-state index is 11.9. The van der Waals surface area contributed by atoms with Crippen molar-refractivity contribution in [2.24, 2.45) is 0 Å². The van der Waals surface area contributed by atoms with Gasteiger partial charge in [-0.05, 0) is 43.2 Å². The standard InChI is InChI=1S/C16H15ClN2O4/c1-10-7-11(2)16(14(17)8-10)18-15(20)9-23-13-5-3-12(4-6-13)19(21)22/h3-8H,9H2,1-2H3,(H,18,20). The number of hydrogen-bond donors (Lipinski definition) is 1. The van der Waals surface area contributed by atoms with Crippen molar-refractivity contribution >= 4 is 28.9 Å². The summed E-state index contributed by atoms with van der Waals surface area (Å²) in [4.78, 5) is 22.0. The quantitative estimate of drug-likeness (QED) is 0.664. The molecule has 0 aromatic heterocycles. The number of halogens is 1. The number of aryl methyl sites for hydroxylation is 2. The molecule has 0 bridgehead atoms. The molecule has 7 heteroatoms. The Hall–Kier alpha value is -2.60. The van der Waals surface area contributed by atoms with Crippen LogP contribution in [-0.2, 0) is 4.79 Å². The van der Waals surface area contributed by atoms with Crippen molar-refractivity contribution in [3.05, 3.63) is 62.7 Å². The van der Waals surface area contributed by atoms with Crippen molar-refractivity contribution in [2.45, 2.75) is 13.8 Å². The number of benzene rings is 2. The lowest BCUT2D eigenvalue weighted by Crippen LogP contribution is -2.21. The van der Waals surface area contributed by atoms with Gasteiger partial charge in [-0.3, -0.25) is 14.9 Å². The Morgan fingerprint density at radius 1 is 1.26 bits per heavy atom. The van der Waals surface area contributed by atoms with Crippen LogP contribution in [0.25, 0.3) is 0 Å². The molecule has 0 heterocycles. The van der Waals surface area contributed by atoms with Crippen LogP contribution in [0, 0.1) is 24.0 Å². The summed E-state index contributed by atoms with van der Waals surface area (Å²) in [7, 11) is 0. The Labute approximate surface area is 138 Å². The molecule has 2 rings (SSSR count). The molecule has 0 spiro atoms. The first-order valence-corrected chi connectivity index (χ1v) is 7.18. The molecule has 2 aromatic carbocycles. The highest BCUT2D eigenvalue weighted by Gasteiger charge is 2.11. The van der Waals surface area contributed by atoms with Crippen molar-refractivity contribution in [3.63, 3.8) is 0 Å². The van der Waals surface area contributed by atoms with Crippen molar-refractivity contribution < 1.29 is 14.5 Å². The van der Waals surface area contributed by atoms with Crippen molar-refractivity contribution in [3.8, 4) is 5.75 Å². The largest absolute Gasteiger partial charge is 0.484 e. The van der Waals surface area contributed by atoms with Gasteiger partial charge in [-0.25, -0.2) is 0 Å². The van der Waals surface area contributed by atoms with E-state index < -0.39 is 4.92 Å². The molecule has 0 unspecified atom stereocenters. The number of nitro benzene ring substituents is 1. The van der Waals surface area contributed by atoms with Gasteiger partial charge in [0.1, 0.15) is 5.75 Å². The molecule has 0 saturated heterocycles. The topological polar surface area (TPSA) is 81.5 Å². The van der Waals surface area contributed by atoms with Gasteiger partial charge in [0, 0.05) is 12.1 Å². The minimum Gasteiger partial charge on any atom is -0.484 e. The highest BCUT2D eigenvalue weighted by Crippen LogP contribution is 2.27. The molecule has 120 valence electrons. The number of non-ortho nitro benzene ring substituents is 1. The molecule has 0 aliphatic heterocycles. The van der Waals surface area contributed by atoms with Crippen molar-refractivity contribution in [2.75, 3.05) is 11.9 Å². The van der Waals surface area contributed by atoms with Gasteiger partial charge >= 0.3 is 0 Å². The van der Waals surface area contributed by atoms with E-state index in [0.29, 0.717) is 16.5 Å². The number of hydrogen-bond acceptors (Lipinski definition) is 4. The molecule has 23 heavy (non-hydrogen) atoms. The smallest absolute Gasteiger partial charge is 0.269 e. The van der Waals surface area contributed by atoms with E-state index in [4.69, 9.17) is 16.3 Å². The normalized spacial score (nSPS) is 10.2. The predicted molar refractivity (Wildman–Crippen MR) is 88.1 cm³/mol. The van der Waals surface area contributed by atoms with Crippen molar-refractivity contribution in [1.29, 1.82) is 0 Å². The zero-order valence-electron chi connectivity index (χ0n) is 12.6. The number of amides is 1. The van der Waals surface area contributed by atoms with Crippen LogP contribution >= 0.6 is 11.6 Å². The van der Waals surface area contributed by atoms with E-state index in [9.17, 15) is 14.9 Å². The summed E-state index contributed by atoms with van der Waals surface area (Å²) in [6.45, 7) is 3.55. The lowest BCUT2D eigenvalue weighted by Gasteiger charge is -2.12. The summed E-state index contributed by atoms with van der Waals surface area (Å²) in [5.74, 6) is 0.00896. The second-order valence-electron chi connectivity index (χ2n) is 5.03. The fourth-order valence-electron chi connectivity index (χ4n) is 2.06. The van der Waals surface area contributed by atoms with E-state index in [0.717, 1.165) is 11.1 Å². The van der Waals surface area contributed by atoms with Gasteiger partial charge in [0.2, 0.25) is 0 Å². The number of rotatable bonds is 5. The van der Waals surface area contributed by atoms with Gasteiger partial charge < -0.3 is 10.1 Å². The summed E-state index contributed by atoms with van der Waals surface area (Å²) < 4.78 is 5.30. The van der Waals surface area contributed by atoms with E-state index >= 15 is 0 Å². The van der Waals surface area contributed by atoms with Gasteiger partial charge in [-0.2, -0.15) is 0 Å². The van der Waals surface area contributed by atoms with Crippen LogP contribution in [0.3, 0.4) is 0 Å². The van der Waals surface area contributed by atoms with Gasteiger partial charge in [0.25, 0.3) is 11.6 Å². The second-order valence-corrected chi connectivity index (χ2v) is 5.43. The Morgan fingerprint density at radius 2 is 1.91 bits per heavy atom. The third kappa shape index (κ3) is 4.43. The van der Waals surface area contributed by atoms with Crippen molar-refractivity contribution in [1.82, 2.24) is 0 Å². The molecule has 0 atom stereocenters. The SMILES string of the molecule is Cc1cc(C)c(NC(=O)COc2ccc([N+](=O)[O-])cc2)c(Cl)c1. The van der Waals surface area contributed by atoms with Gasteiger partial charge in [-0.1, -0.05) is 17.7 Å². The Kier molecular flexibility index (Phi) is 5.18. The third-order valence-electron chi connectivity index (χ3n) is 3.11. The van der Waals surface area contributed by atoms with E-state index in [1.54, 1.807) is 6.07 Å². The third-order valence-corrected chi connectivity index (χ3v) is 3.41. The van der Waals surface area contributed by atoms with Crippen LogP contribution in [0.5, 0.6) is 5.75 Å². The van der Waals surface area contributed by atoms with E-state index in [-0.39, 0.29) is 18.2 Å². The monoisotopic (exact) mass is 334 g/mol. The van der Waals surface area contributed by atoms with Gasteiger partial charge in [0.15, 0.2) is 6.61 Å². The number of nitrogens with zero attached hydrogens (tertiary/aromatic N) is 1. The lowest BCUT2D eigenvalue weighted by molar-refractivity contribution is -0.384. The van der Waals surface area contributed by atoms with Crippen LogP contribution in [0.1, 0.15) is 11.1 Å². The first kappa shape index (κ1) is 16.8. The van der Waals surface area contributed by atoms with E-state index in [1.165, 1.54) is 24.3 Å². The van der Waals surface area contributed by atoms with Crippen LogP contribution in [0.15, 0.2) is 36.4 Å². The summed E-state index contributed by atoms with van der Waals surface area (Å²) in [5, 5.41) is 13.7. The average Bonchev–Trinajstić information content (AvgIpc) is 2.49. The number of ether oxygens (including phenoxy) is 1. The zero-order valence-corrected chi connectivity index (χ0v) is 13.4. The molecule has 0 aliphatic rings. The number of carbonyl (C=O) groups is 1. The zero-order chi connectivity index (χ0) is 17.0. The molecular formula is C16H15ClN2O4. The number of nitrogens with one attached hydrogen (secondary N) is 1. The van der Waals surface area contributed by atoms with Crippen LogP contribution in [0.2, 0.25) is 5.02 Å². The molecular weight excluding hydrogens is 320 g/mol. The summed E-state index contributed by atoms with van der Waals surface area (Å²) in [6, 6.07) is 9.19. The Bertz CT molecular complexity index is 721. The second kappa shape index (κ2) is 7.11. The minimum absolute atomic E-state index is 0.0381. The molecule has 1 amide bonds. The maximum Gasteiger partial charge on any atom is 0.269 e. The van der Waals surface area contributed by atoms with Gasteiger partial charge in [-0.15, -0.1) is 0 Å². The lowest BCUT2D eigenvalue weighted by atomic mass is 10.1. The van der Waals surface area contributed by atoms with Gasteiger partial charge in [0.05, 0.1) is 15.6 Å². The number of carbonyl (C=O) groups excluding carboxylic acids is 1. The fraction of sp³-hybridized carbons (Fsp3) is 0.188. The number of nitro groups is 1. The minimum atomic E-state index is -0.501. The summed E-state index contributed by atoms with van der Waals surface area (Å²) in [6.07, 6.45) is 0. The summed E-state index contributed by atoms with van der Waals surface area (Å²) >= 11 is 6.12. The van der Waals surface area contributed by atoms with Crippen LogP contribution < -0.4 is 10.1 Å². The van der Waals surface area contributed by atoms with Crippen LogP contribution in [0.4, 0.5) is 11.4 Å². The molecule has 0 radical (unpaired) electrons. The highest BCUT2D eigenvalue weighted by molar-refractivity contribution is 6.34. The summed E-state index contributed by atoms with van der Waals surface area (Å²) in [5.41, 5.74) is 2.38. The van der Waals surface area contributed by atoms with Crippen LogP contribution in [-0.4, -0.2) is 17.4 Å².